The van der Waals surface area contributed by atoms with Gasteiger partial charge in [-0.25, -0.2) is 14.1 Å². The van der Waals surface area contributed by atoms with Gasteiger partial charge in [-0.3, -0.25) is 0 Å². The predicted octanol–water partition coefficient (Wildman–Crippen LogP) is 2.30. The molecule has 114 valence electrons. The van der Waals surface area contributed by atoms with Crippen LogP contribution >= 0.6 is 0 Å². The average molecular weight is 292 g/mol. The second kappa shape index (κ2) is 7.17. The first-order chi connectivity index (χ1) is 10.1. The quantitative estimate of drug-likeness (QED) is 0.850. The summed E-state index contributed by atoms with van der Waals surface area (Å²) in [5, 5.41) is 4.09. The van der Waals surface area contributed by atoms with E-state index in [9.17, 15) is 4.39 Å². The van der Waals surface area contributed by atoms with E-state index in [2.05, 4.69) is 10.1 Å². The Hall–Kier alpha value is -1.95. The molecule has 1 aromatic heterocycles. The fraction of sp³-hybridized carbons (Fsp3) is 0.467. The maximum Gasteiger partial charge on any atom is 0.164 e. The number of aryl methyl sites for hydroxylation is 1. The summed E-state index contributed by atoms with van der Waals surface area (Å²) >= 11 is 0. The van der Waals surface area contributed by atoms with Gasteiger partial charge in [0.15, 0.2) is 5.82 Å². The minimum atomic E-state index is -0.280. The van der Waals surface area contributed by atoms with Gasteiger partial charge in [0.25, 0.3) is 0 Å². The van der Waals surface area contributed by atoms with Gasteiger partial charge in [0.2, 0.25) is 0 Å². The van der Waals surface area contributed by atoms with E-state index in [1.54, 1.807) is 10.7 Å². The summed E-state index contributed by atoms with van der Waals surface area (Å²) < 4.78 is 21.0. The zero-order valence-electron chi connectivity index (χ0n) is 12.4. The number of nitrogens with zero attached hydrogens (tertiary/aromatic N) is 3. The fourth-order valence-electron chi connectivity index (χ4n) is 2.08. The number of benzene rings is 1. The van der Waals surface area contributed by atoms with Gasteiger partial charge in [-0.15, -0.1) is 0 Å². The topological polar surface area (TPSA) is 66.0 Å². The lowest BCUT2D eigenvalue weighted by atomic mass is 10.0. The summed E-state index contributed by atoms with van der Waals surface area (Å²) in [6.45, 7) is 5.03. The molecule has 0 aliphatic heterocycles. The second-order valence-corrected chi connectivity index (χ2v) is 4.91. The van der Waals surface area contributed by atoms with E-state index in [0.717, 1.165) is 24.4 Å². The third-order valence-corrected chi connectivity index (χ3v) is 3.38. The molecule has 0 aliphatic rings. The number of hydrogen-bond donors (Lipinski definition) is 1. The summed E-state index contributed by atoms with van der Waals surface area (Å²) in [6.07, 6.45) is 2.92. The van der Waals surface area contributed by atoms with Gasteiger partial charge in [-0.1, -0.05) is 6.92 Å². The molecule has 0 radical (unpaired) electrons. The van der Waals surface area contributed by atoms with E-state index in [1.807, 2.05) is 13.8 Å². The SMILES string of the molecule is CCC(N)Cc1cc(F)ccc1OCc1ncnn1CC. The van der Waals surface area contributed by atoms with Crippen LogP contribution in [-0.4, -0.2) is 20.8 Å². The van der Waals surface area contributed by atoms with Gasteiger partial charge in [0, 0.05) is 12.6 Å². The molecule has 21 heavy (non-hydrogen) atoms. The van der Waals surface area contributed by atoms with E-state index in [-0.39, 0.29) is 11.9 Å². The van der Waals surface area contributed by atoms with Gasteiger partial charge in [-0.05, 0) is 43.5 Å². The van der Waals surface area contributed by atoms with Crippen LogP contribution in [0.5, 0.6) is 5.75 Å². The Morgan fingerprint density at radius 2 is 2.19 bits per heavy atom. The Kier molecular flexibility index (Phi) is 5.27. The first-order valence-electron chi connectivity index (χ1n) is 7.17. The van der Waals surface area contributed by atoms with Crippen molar-refractivity contribution in [2.75, 3.05) is 0 Å². The fourth-order valence-corrected chi connectivity index (χ4v) is 2.08. The van der Waals surface area contributed by atoms with Crippen LogP contribution in [-0.2, 0) is 19.6 Å². The van der Waals surface area contributed by atoms with E-state index in [4.69, 9.17) is 10.5 Å². The molecule has 2 rings (SSSR count). The Labute approximate surface area is 123 Å². The first kappa shape index (κ1) is 15.4. The van der Waals surface area contributed by atoms with Gasteiger partial charge >= 0.3 is 0 Å². The maximum absolute atomic E-state index is 13.4. The number of rotatable bonds is 7. The molecule has 2 aromatic rings. The third-order valence-electron chi connectivity index (χ3n) is 3.38. The average Bonchev–Trinajstić information content (AvgIpc) is 2.93. The number of ether oxygens (including phenoxy) is 1. The van der Waals surface area contributed by atoms with E-state index in [0.29, 0.717) is 18.8 Å². The van der Waals surface area contributed by atoms with Crippen molar-refractivity contribution in [2.45, 2.75) is 45.9 Å². The van der Waals surface area contributed by atoms with Crippen LogP contribution in [0.3, 0.4) is 0 Å². The molecule has 0 aliphatic carbocycles. The molecule has 0 saturated carbocycles. The zero-order valence-corrected chi connectivity index (χ0v) is 12.4. The maximum atomic E-state index is 13.4. The molecular formula is C15H21FN4O. The summed E-state index contributed by atoms with van der Waals surface area (Å²) in [5.41, 5.74) is 6.74. The molecule has 2 N–H and O–H groups in total. The molecule has 1 atom stereocenters. The number of halogens is 1. The zero-order chi connectivity index (χ0) is 15.2. The van der Waals surface area contributed by atoms with Gasteiger partial charge in [-0.2, -0.15) is 5.10 Å². The third kappa shape index (κ3) is 4.01. The highest BCUT2D eigenvalue weighted by atomic mass is 19.1. The lowest BCUT2D eigenvalue weighted by Crippen LogP contribution is -2.22. The molecule has 0 saturated heterocycles. The van der Waals surface area contributed by atoms with Crippen molar-refractivity contribution in [3.63, 3.8) is 0 Å². The van der Waals surface area contributed by atoms with E-state index >= 15 is 0 Å². The van der Waals surface area contributed by atoms with Crippen LogP contribution in [0, 0.1) is 5.82 Å². The lowest BCUT2D eigenvalue weighted by molar-refractivity contribution is 0.283. The van der Waals surface area contributed by atoms with Crippen LogP contribution in [0.15, 0.2) is 24.5 Å². The first-order valence-corrected chi connectivity index (χ1v) is 7.17. The monoisotopic (exact) mass is 292 g/mol. The Bertz CT molecular complexity index is 585. The minimum absolute atomic E-state index is 0.00607. The summed E-state index contributed by atoms with van der Waals surface area (Å²) in [6, 6.07) is 4.50. The van der Waals surface area contributed by atoms with Crippen LogP contribution in [0.25, 0.3) is 0 Å². The number of hydrogen-bond acceptors (Lipinski definition) is 4. The van der Waals surface area contributed by atoms with E-state index in [1.165, 1.54) is 18.5 Å². The summed E-state index contributed by atoms with van der Waals surface area (Å²) in [4.78, 5) is 4.15. The molecule has 1 unspecified atom stereocenters. The van der Waals surface area contributed by atoms with Crippen LogP contribution in [0.4, 0.5) is 4.39 Å². The second-order valence-electron chi connectivity index (χ2n) is 4.91. The van der Waals surface area contributed by atoms with Crippen molar-refractivity contribution in [2.24, 2.45) is 5.73 Å². The molecule has 6 heteroatoms. The molecule has 0 bridgehead atoms. The highest BCUT2D eigenvalue weighted by Gasteiger charge is 2.11. The standard InChI is InChI=1S/C15H21FN4O/c1-3-13(17)8-11-7-12(16)5-6-14(11)21-9-15-18-10-19-20(15)4-2/h5-7,10,13H,3-4,8-9,17H2,1-2H3. The number of nitrogens with two attached hydrogens (primary N) is 1. The molecule has 1 heterocycles. The normalized spacial score (nSPS) is 12.4. The van der Waals surface area contributed by atoms with Crippen molar-refractivity contribution >= 4 is 0 Å². The molecule has 0 spiro atoms. The Morgan fingerprint density at radius 1 is 1.38 bits per heavy atom. The van der Waals surface area contributed by atoms with Gasteiger partial charge in [0.1, 0.15) is 24.5 Å². The van der Waals surface area contributed by atoms with Crippen LogP contribution in [0.1, 0.15) is 31.7 Å². The smallest absolute Gasteiger partial charge is 0.164 e. The lowest BCUT2D eigenvalue weighted by Gasteiger charge is -2.14. The van der Waals surface area contributed by atoms with Crippen LogP contribution < -0.4 is 10.5 Å². The Morgan fingerprint density at radius 3 is 2.90 bits per heavy atom. The largest absolute Gasteiger partial charge is 0.485 e. The van der Waals surface area contributed by atoms with Crippen molar-refractivity contribution in [3.8, 4) is 5.75 Å². The van der Waals surface area contributed by atoms with Crippen molar-refractivity contribution < 1.29 is 9.13 Å². The highest BCUT2D eigenvalue weighted by Crippen LogP contribution is 2.22. The van der Waals surface area contributed by atoms with Crippen molar-refractivity contribution in [1.82, 2.24) is 14.8 Å². The predicted molar refractivity (Wildman–Crippen MR) is 78.4 cm³/mol. The molecular weight excluding hydrogens is 271 g/mol. The van der Waals surface area contributed by atoms with Crippen molar-refractivity contribution in [1.29, 1.82) is 0 Å². The van der Waals surface area contributed by atoms with Gasteiger partial charge in [0.05, 0.1) is 0 Å². The molecule has 5 nitrogen and oxygen atoms in total. The Balaban J connectivity index is 2.12. The van der Waals surface area contributed by atoms with Gasteiger partial charge < -0.3 is 10.5 Å². The van der Waals surface area contributed by atoms with Crippen molar-refractivity contribution in [3.05, 3.63) is 41.7 Å². The molecule has 0 amide bonds. The summed E-state index contributed by atoms with van der Waals surface area (Å²) in [7, 11) is 0. The highest BCUT2D eigenvalue weighted by molar-refractivity contribution is 5.34. The summed E-state index contributed by atoms with van der Waals surface area (Å²) in [5.74, 6) is 1.11. The van der Waals surface area contributed by atoms with Crippen LogP contribution in [0.2, 0.25) is 0 Å². The molecule has 1 aromatic carbocycles. The number of aromatic nitrogens is 3. The minimum Gasteiger partial charge on any atom is -0.485 e. The van der Waals surface area contributed by atoms with E-state index < -0.39 is 0 Å². The molecule has 0 fully saturated rings.